The molecule has 0 aromatic heterocycles. The van der Waals surface area contributed by atoms with E-state index in [1.54, 1.807) is 0 Å². The first-order valence-corrected chi connectivity index (χ1v) is 9.43. The third-order valence-corrected chi connectivity index (χ3v) is 5.22. The van der Waals surface area contributed by atoms with E-state index in [1.807, 2.05) is 0 Å². The summed E-state index contributed by atoms with van der Waals surface area (Å²) < 4.78 is 6.09. The van der Waals surface area contributed by atoms with Crippen molar-refractivity contribution in [1.29, 1.82) is 0 Å². The first kappa shape index (κ1) is 16.9. The van der Waals surface area contributed by atoms with E-state index >= 15 is 0 Å². The Morgan fingerprint density at radius 2 is 1.78 bits per heavy atom. The van der Waals surface area contributed by atoms with Gasteiger partial charge >= 0.3 is 0 Å². The van der Waals surface area contributed by atoms with Crippen molar-refractivity contribution in [3.05, 3.63) is 35.4 Å². The molecule has 1 aliphatic carbocycles. The Kier molecular flexibility index (Phi) is 6.49. The van der Waals surface area contributed by atoms with Gasteiger partial charge in [-0.1, -0.05) is 43.5 Å². The molecule has 1 N–H and O–H groups in total. The van der Waals surface area contributed by atoms with Gasteiger partial charge in [0.25, 0.3) is 0 Å². The van der Waals surface area contributed by atoms with E-state index in [1.165, 1.54) is 49.7 Å². The number of hydrogen-bond donors (Lipinski definition) is 1. The zero-order valence-electron chi connectivity index (χ0n) is 14.3. The summed E-state index contributed by atoms with van der Waals surface area (Å²) in [5.74, 6) is 0. The first-order valence-electron chi connectivity index (χ1n) is 9.43. The zero-order chi connectivity index (χ0) is 15.9. The molecule has 1 aliphatic heterocycles. The minimum atomic E-state index is -0.372. The molecule has 2 aliphatic rings. The van der Waals surface area contributed by atoms with Crippen molar-refractivity contribution in [1.82, 2.24) is 4.90 Å². The minimum absolute atomic E-state index is 0.168. The summed E-state index contributed by atoms with van der Waals surface area (Å²) in [6.45, 7) is 3.47. The van der Waals surface area contributed by atoms with Crippen LogP contribution in [-0.4, -0.2) is 42.4 Å². The van der Waals surface area contributed by atoms with Crippen molar-refractivity contribution in [3.63, 3.8) is 0 Å². The van der Waals surface area contributed by atoms with Crippen LogP contribution in [0.15, 0.2) is 24.3 Å². The lowest BCUT2D eigenvalue weighted by molar-refractivity contribution is -0.0286. The van der Waals surface area contributed by atoms with Crippen molar-refractivity contribution in [2.45, 2.75) is 63.6 Å². The SMILES string of the molecule is O[C@@H](CO[C@@H]1CCCc2ccccc21)CN1CCCCCCC1. The molecule has 0 radical (unpaired) electrons. The molecule has 1 heterocycles. The molecule has 0 saturated carbocycles. The van der Waals surface area contributed by atoms with Gasteiger partial charge in [-0.05, 0) is 56.3 Å². The lowest BCUT2D eigenvalue weighted by atomic mass is 9.89. The number of nitrogens with zero attached hydrogens (tertiary/aromatic N) is 1. The molecule has 2 atom stereocenters. The molecule has 1 fully saturated rings. The van der Waals surface area contributed by atoms with Crippen LogP contribution in [0.25, 0.3) is 0 Å². The van der Waals surface area contributed by atoms with Gasteiger partial charge in [-0.15, -0.1) is 0 Å². The lowest BCUT2D eigenvalue weighted by Gasteiger charge is -2.29. The van der Waals surface area contributed by atoms with Crippen LogP contribution in [0.2, 0.25) is 0 Å². The second-order valence-electron chi connectivity index (χ2n) is 7.14. The van der Waals surface area contributed by atoms with E-state index < -0.39 is 0 Å². The van der Waals surface area contributed by atoms with Crippen LogP contribution in [-0.2, 0) is 11.2 Å². The number of aliphatic hydroxyl groups excluding tert-OH is 1. The summed E-state index contributed by atoms with van der Waals surface area (Å²) in [6, 6.07) is 8.60. The molecular formula is C20H31NO2. The van der Waals surface area contributed by atoms with Crippen molar-refractivity contribution < 1.29 is 9.84 Å². The molecule has 1 aromatic carbocycles. The highest BCUT2D eigenvalue weighted by Crippen LogP contribution is 2.32. The second-order valence-corrected chi connectivity index (χ2v) is 7.14. The average molecular weight is 317 g/mol. The van der Waals surface area contributed by atoms with E-state index in [2.05, 4.69) is 29.2 Å². The van der Waals surface area contributed by atoms with Gasteiger partial charge < -0.3 is 14.7 Å². The summed E-state index contributed by atoms with van der Waals surface area (Å²) in [4.78, 5) is 2.42. The van der Waals surface area contributed by atoms with E-state index in [0.717, 1.165) is 32.5 Å². The van der Waals surface area contributed by atoms with Gasteiger partial charge in [-0.25, -0.2) is 0 Å². The molecule has 0 bridgehead atoms. The number of β-amino-alcohol motifs (C(OH)–C–C–N with tert-alkyl or cyclic N) is 1. The van der Waals surface area contributed by atoms with Gasteiger partial charge in [-0.2, -0.15) is 0 Å². The quantitative estimate of drug-likeness (QED) is 0.898. The highest BCUT2D eigenvalue weighted by atomic mass is 16.5. The maximum atomic E-state index is 10.4. The van der Waals surface area contributed by atoms with Gasteiger partial charge in [0, 0.05) is 6.54 Å². The Morgan fingerprint density at radius 1 is 1.04 bits per heavy atom. The van der Waals surface area contributed by atoms with E-state index in [0.29, 0.717) is 6.61 Å². The highest BCUT2D eigenvalue weighted by Gasteiger charge is 2.22. The second kappa shape index (κ2) is 8.81. The maximum absolute atomic E-state index is 10.4. The van der Waals surface area contributed by atoms with Gasteiger partial charge in [0.05, 0.1) is 18.8 Å². The topological polar surface area (TPSA) is 32.7 Å². The van der Waals surface area contributed by atoms with Crippen LogP contribution >= 0.6 is 0 Å². The molecule has 1 saturated heterocycles. The Labute approximate surface area is 140 Å². The van der Waals surface area contributed by atoms with Crippen molar-refractivity contribution >= 4 is 0 Å². The number of aliphatic hydroxyl groups is 1. The smallest absolute Gasteiger partial charge is 0.0900 e. The van der Waals surface area contributed by atoms with Gasteiger partial charge in [0.2, 0.25) is 0 Å². The zero-order valence-corrected chi connectivity index (χ0v) is 14.3. The first-order chi connectivity index (χ1) is 11.3. The van der Waals surface area contributed by atoms with E-state index in [9.17, 15) is 5.11 Å². The normalized spacial score (nSPS) is 24.5. The van der Waals surface area contributed by atoms with Crippen molar-refractivity contribution in [3.8, 4) is 0 Å². The Hall–Kier alpha value is -0.900. The van der Waals surface area contributed by atoms with Crippen LogP contribution < -0.4 is 0 Å². The third-order valence-electron chi connectivity index (χ3n) is 5.22. The molecule has 23 heavy (non-hydrogen) atoms. The van der Waals surface area contributed by atoms with Crippen LogP contribution in [0.3, 0.4) is 0 Å². The number of fused-ring (bicyclic) bond motifs is 1. The van der Waals surface area contributed by atoms with Crippen LogP contribution in [0.1, 0.15) is 62.2 Å². The Balaban J connectivity index is 1.46. The van der Waals surface area contributed by atoms with Gasteiger partial charge in [-0.3, -0.25) is 0 Å². The lowest BCUT2D eigenvalue weighted by Crippen LogP contribution is -2.37. The average Bonchev–Trinajstić information content (AvgIpc) is 2.55. The van der Waals surface area contributed by atoms with Crippen molar-refractivity contribution in [2.24, 2.45) is 0 Å². The fourth-order valence-corrected chi connectivity index (χ4v) is 3.96. The summed E-state index contributed by atoms with van der Waals surface area (Å²) in [5, 5.41) is 10.4. The highest BCUT2D eigenvalue weighted by molar-refractivity contribution is 5.31. The molecule has 128 valence electrons. The number of benzene rings is 1. The fourth-order valence-electron chi connectivity index (χ4n) is 3.96. The summed E-state index contributed by atoms with van der Waals surface area (Å²) in [5.41, 5.74) is 2.75. The summed E-state index contributed by atoms with van der Waals surface area (Å²) in [6.07, 6.45) is 9.80. The third kappa shape index (κ3) is 5.03. The van der Waals surface area contributed by atoms with Crippen molar-refractivity contribution in [2.75, 3.05) is 26.2 Å². The fraction of sp³-hybridized carbons (Fsp3) is 0.700. The molecule has 3 heteroatoms. The largest absolute Gasteiger partial charge is 0.389 e. The number of aryl methyl sites for hydroxylation is 1. The monoisotopic (exact) mass is 317 g/mol. The molecule has 3 nitrogen and oxygen atoms in total. The standard InChI is InChI=1S/C20H31NO2/c22-18(15-21-13-6-2-1-3-7-14-21)16-23-20-12-8-10-17-9-4-5-11-19(17)20/h4-5,9,11,18,20,22H,1-3,6-8,10,12-16H2/t18-,20-/m1/s1. The molecule has 1 aromatic rings. The summed E-state index contributed by atoms with van der Waals surface area (Å²) >= 11 is 0. The predicted molar refractivity (Wildman–Crippen MR) is 93.6 cm³/mol. The number of likely N-dealkylation sites (tertiary alicyclic amines) is 1. The molecular weight excluding hydrogens is 286 g/mol. The van der Waals surface area contributed by atoms with E-state index in [4.69, 9.17) is 4.74 Å². The van der Waals surface area contributed by atoms with Gasteiger partial charge in [0.15, 0.2) is 0 Å². The molecule has 0 amide bonds. The predicted octanol–water partition coefficient (Wildman–Crippen LogP) is 3.71. The van der Waals surface area contributed by atoms with Crippen LogP contribution in [0.5, 0.6) is 0 Å². The molecule has 0 spiro atoms. The van der Waals surface area contributed by atoms with Crippen LogP contribution in [0.4, 0.5) is 0 Å². The molecule has 0 unspecified atom stereocenters. The minimum Gasteiger partial charge on any atom is -0.389 e. The Morgan fingerprint density at radius 3 is 2.61 bits per heavy atom. The van der Waals surface area contributed by atoms with Crippen LogP contribution in [0, 0.1) is 0 Å². The number of ether oxygens (including phenoxy) is 1. The molecule has 3 rings (SSSR count). The Bertz CT molecular complexity index is 468. The van der Waals surface area contributed by atoms with Gasteiger partial charge in [0.1, 0.15) is 0 Å². The number of rotatable bonds is 5. The van der Waals surface area contributed by atoms with E-state index in [-0.39, 0.29) is 12.2 Å². The maximum Gasteiger partial charge on any atom is 0.0900 e. The summed E-state index contributed by atoms with van der Waals surface area (Å²) in [7, 11) is 0. The number of hydrogen-bond acceptors (Lipinski definition) is 3.